The van der Waals surface area contributed by atoms with Crippen LogP contribution in [0.4, 0.5) is 0 Å². The molecule has 0 radical (unpaired) electrons. The van der Waals surface area contributed by atoms with Gasteiger partial charge in [0.2, 0.25) is 0 Å². The Morgan fingerprint density at radius 1 is 1.40 bits per heavy atom. The fourth-order valence-corrected chi connectivity index (χ4v) is 2.12. The van der Waals surface area contributed by atoms with Gasteiger partial charge in [0.15, 0.2) is 0 Å². The minimum Gasteiger partial charge on any atom is -0.265 e. The van der Waals surface area contributed by atoms with Crippen molar-refractivity contribution < 1.29 is 0 Å². The third-order valence-electron chi connectivity index (χ3n) is 2.89. The van der Waals surface area contributed by atoms with E-state index in [1.807, 2.05) is 12.4 Å². The van der Waals surface area contributed by atoms with Crippen LogP contribution < -0.4 is 0 Å². The summed E-state index contributed by atoms with van der Waals surface area (Å²) in [4.78, 5) is 4.02. The molecule has 76 valence electrons. The van der Waals surface area contributed by atoms with Crippen LogP contribution in [0.2, 0.25) is 0 Å². The van der Waals surface area contributed by atoms with Gasteiger partial charge in [0.25, 0.3) is 0 Å². The number of aromatic nitrogens is 1. The highest BCUT2D eigenvalue weighted by Gasteiger charge is 2.14. The van der Waals surface area contributed by atoms with Crippen LogP contribution in [0, 0.1) is 11.3 Å². The quantitative estimate of drug-likeness (QED) is 0.684. The second-order valence-corrected chi connectivity index (χ2v) is 3.94. The molecular formula is C13H14N2. The highest BCUT2D eigenvalue weighted by atomic mass is 14.6. The molecule has 0 aromatic carbocycles. The SMILES string of the molecule is N#CCC1=CC(c2ccncc2)CCC1. The summed E-state index contributed by atoms with van der Waals surface area (Å²) in [5.41, 5.74) is 2.62. The molecule has 2 rings (SSSR count). The lowest BCUT2D eigenvalue weighted by atomic mass is 9.85. The molecule has 2 nitrogen and oxygen atoms in total. The molecular weight excluding hydrogens is 184 g/mol. The average Bonchev–Trinajstić information content (AvgIpc) is 2.31. The highest BCUT2D eigenvalue weighted by molar-refractivity contribution is 5.26. The van der Waals surface area contributed by atoms with Crippen LogP contribution in [-0.2, 0) is 0 Å². The number of hydrogen-bond donors (Lipinski definition) is 0. The van der Waals surface area contributed by atoms with Gasteiger partial charge in [-0.3, -0.25) is 4.98 Å². The molecule has 0 bridgehead atoms. The van der Waals surface area contributed by atoms with Crippen molar-refractivity contribution in [2.24, 2.45) is 0 Å². The molecule has 1 heterocycles. The standard InChI is InChI=1S/C13H14N2/c14-7-4-11-2-1-3-13(10-11)12-5-8-15-9-6-12/h5-6,8-10,13H,1-4H2. The Hall–Kier alpha value is -1.62. The highest BCUT2D eigenvalue weighted by Crippen LogP contribution is 2.31. The van der Waals surface area contributed by atoms with Gasteiger partial charge in [-0.1, -0.05) is 11.6 Å². The van der Waals surface area contributed by atoms with Gasteiger partial charge >= 0.3 is 0 Å². The summed E-state index contributed by atoms with van der Waals surface area (Å²) in [6.07, 6.45) is 10.0. The summed E-state index contributed by atoms with van der Waals surface area (Å²) in [5.74, 6) is 0.491. The Balaban J connectivity index is 2.17. The van der Waals surface area contributed by atoms with Crippen molar-refractivity contribution in [1.82, 2.24) is 4.98 Å². The maximum atomic E-state index is 8.67. The van der Waals surface area contributed by atoms with Crippen LogP contribution in [0.1, 0.15) is 37.2 Å². The van der Waals surface area contributed by atoms with Gasteiger partial charge in [-0.05, 0) is 37.0 Å². The molecule has 0 saturated heterocycles. The van der Waals surface area contributed by atoms with E-state index in [2.05, 4.69) is 29.3 Å². The first-order chi connectivity index (χ1) is 7.40. The monoisotopic (exact) mass is 198 g/mol. The van der Waals surface area contributed by atoms with E-state index in [0.717, 1.165) is 6.42 Å². The second-order valence-electron chi connectivity index (χ2n) is 3.94. The lowest BCUT2D eigenvalue weighted by Crippen LogP contribution is -2.03. The number of nitrogens with zero attached hydrogens (tertiary/aromatic N) is 2. The van der Waals surface area contributed by atoms with Crippen molar-refractivity contribution >= 4 is 0 Å². The summed E-state index contributed by atoms with van der Waals surface area (Å²) < 4.78 is 0. The number of hydrogen-bond acceptors (Lipinski definition) is 2. The fourth-order valence-electron chi connectivity index (χ4n) is 2.12. The molecule has 0 fully saturated rings. The predicted molar refractivity (Wildman–Crippen MR) is 59.1 cm³/mol. The Morgan fingerprint density at radius 3 is 2.93 bits per heavy atom. The van der Waals surface area contributed by atoms with E-state index in [1.165, 1.54) is 24.0 Å². The molecule has 0 saturated carbocycles. The smallest absolute Gasteiger partial charge is 0.0666 e. The normalized spacial score (nSPS) is 20.5. The van der Waals surface area contributed by atoms with Crippen LogP contribution in [-0.4, -0.2) is 4.98 Å². The van der Waals surface area contributed by atoms with E-state index >= 15 is 0 Å². The zero-order valence-electron chi connectivity index (χ0n) is 8.69. The molecule has 0 spiro atoms. The molecule has 0 N–H and O–H groups in total. The van der Waals surface area contributed by atoms with Gasteiger partial charge in [-0.25, -0.2) is 0 Å². The Bertz CT molecular complexity index is 387. The van der Waals surface area contributed by atoms with Gasteiger partial charge in [-0.15, -0.1) is 0 Å². The maximum absolute atomic E-state index is 8.67. The molecule has 1 unspecified atom stereocenters. The molecule has 0 amide bonds. The van der Waals surface area contributed by atoms with Crippen molar-refractivity contribution in [3.8, 4) is 6.07 Å². The van der Waals surface area contributed by atoms with Crippen LogP contribution in [0.25, 0.3) is 0 Å². The van der Waals surface area contributed by atoms with E-state index in [0.29, 0.717) is 12.3 Å². The first-order valence-electron chi connectivity index (χ1n) is 5.36. The van der Waals surface area contributed by atoms with Crippen LogP contribution >= 0.6 is 0 Å². The summed E-state index contributed by atoms with van der Waals surface area (Å²) in [5, 5.41) is 8.67. The molecule has 15 heavy (non-hydrogen) atoms. The van der Waals surface area contributed by atoms with E-state index in [-0.39, 0.29) is 0 Å². The third kappa shape index (κ3) is 2.44. The largest absolute Gasteiger partial charge is 0.265 e. The third-order valence-corrected chi connectivity index (χ3v) is 2.89. The van der Waals surface area contributed by atoms with Crippen molar-refractivity contribution in [2.75, 3.05) is 0 Å². The van der Waals surface area contributed by atoms with Gasteiger partial charge in [-0.2, -0.15) is 5.26 Å². The van der Waals surface area contributed by atoms with Crippen LogP contribution in [0.15, 0.2) is 36.2 Å². The van der Waals surface area contributed by atoms with E-state index in [4.69, 9.17) is 5.26 Å². The zero-order valence-corrected chi connectivity index (χ0v) is 8.69. The van der Waals surface area contributed by atoms with E-state index < -0.39 is 0 Å². The summed E-state index contributed by atoms with van der Waals surface area (Å²) >= 11 is 0. The molecule has 0 aliphatic heterocycles. The molecule has 1 aliphatic carbocycles. The van der Waals surface area contributed by atoms with Gasteiger partial charge < -0.3 is 0 Å². The molecule has 1 aromatic heterocycles. The van der Waals surface area contributed by atoms with Crippen molar-refractivity contribution in [2.45, 2.75) is 31.6 Å². The Morgan fingerprint density at radius 2 is 2.20 bits per heavy atom. The number of nitriles is 1. The van der Waals surface area contributed by atoms with Crippen molar-refractivity contribution in [3.63, 3.8) is 0 Å². The van der Waals surface area contributed by atoms with Gasteiger partial charge in [0.1, 0.15) is 0 Å². The van der Waals surface area contributed by atoms with Gasteiger partial charge in [0, 0.05) is 18.3 Å². The lowest BCUT2D eigenvalue weighted by Gasteiger charge is -2.20. The van der Waals surface area contributed by atoms with E-state index in [1.54, 1.807) is 0 Å². The summed E-state index contributed by atoms with van der Waals surface area (Å²) in [7, 11) is 0. The average molecular weight is 198 g/mol. The Labute approximate surface area is 90.3 Å². The maximum Gasteiger partial charge on any atom is 0.0666 e. The molecule has 1 atom stereocenters. The number of rotatable bonds is 2. The van der Waals surface area contributed by atoms with E-state index in [9.17, 15) is 0 Å². The first-order valence-corrected chi connectivity index (χ1v) is 5.36. The summed E-state index contributed by atoms with van der Waals surface area (Å²) in [6, 6.07) is 6.36. The van der Waals surface area contributed by atoms with Crippen LogP contribution in [0.5, 0.6) is 0 Å². The molecule has 2 heteroatoms. The lowest BCUT2D eigenvalue weighted by molar-refractivity contribution is 0.626. The number of allylic oxidation sites excluding steroid dienone is 2. The number of pyridine rings is 1. The molecule has 1 aliphatic rings. The summed E-state index contributed by atoms with van der Waals surface area (Å²) in [6.45, 7) is 0. The predicted octanol–water partition coefficient (Wildman–Crippen LogP) is 3.19. The topological polar surface area (TPSA) is 36.7 Å². The molecule has 1 aromatic rings. The first kappa shape index (κ1) is 9.92. The zero-order chi connectivity index (χ0) is 10.5. The Kier molecular flexibility index (Phi) is 3.14. The second kappa shape index (κ2) is 4.75. The minimum absolute atomic E-state index is 0.491. The van der Waals surface area contributed by atoms with Crippen molar-refractivity contribution in [1.29, 1.82) is 5.26 Å². The van der Waals surface area contributed by atoms with Gasteiger partial charge in [0.05, 0.1) is 12.5 Å². The fraction of sp³-hybridized carbons (Fsp3) is 0.385. The van der Waals surface area contributed by atoms with Crippen molar-refractivity contribution in [3.05, 3.63) is 41.7 Å². The van der Waals surface area contributed by atoms with Crippen LogP contribution in [0.3, 0.4) is 0 Å². The minimum atomic E-state index is 0.491.